The molecule has 0 unspecified atom stereocenters. The standard InChI is InChI=1S/C34H40N6O5/c1-23-20-28(45-37-23)21-31(41)39-18-4-6-29(39)33(43)35-26-14-10-24(11-15-26)8-9-25-12-16-27(17-13-25)36-34(44)30-7-5-19-40(30)32(42)22-38(2)3/h8-17,20,29-30H,4-7,18-19,21-22H2,1-3H3,(H,35,43)(H,36,44)/t29-,30-/m0/s1. The van der Waals surface area contributed by atoms with Gasteiger partial charge in [0.15, 0.2) is 0 Å². The van der Waals surface area contributed by atoms with Gasteiger partial charge in [0.1, 0.15) is 17.8 Å². The number of hydrogen-bond acceptors (Lipinski definition) is 7. The van der Waals surface area contributed by atoms with Crippen molar-refractivity contribution in [1.82, 2.24) is 19.9 Å². The normalized spacial score (nSPS) is 18.1. The Morgan fingerprint density at radius 2 is 1.31 bits per heavy atom. The van der Waals surface area contributed by atoms with Gasteiger partial charge in [-0.3, -0.25) is 19.2 Å². The molecule has 0 bridgehead atoms. The maximum atomic E-state index is 13.0. The molecule has 2 fully saturated rings. The van der Waals surface area contributed by atoms with Gasteiger partial charge in [-0.2, -0.15) is 0 Å². The van der Waals surface area contributed by atoms with Crippen LogP contribution < -0.4 is 10.6 Å². The van der Waals surface area contributed by atoms with Crippen LogP contribution in [0.3, 0.4) is 0 Å². The third-order valence-electron chi connectivity index (χ3n) is 8.03. The van der Waals surface area contributed by atoms with Crippen LogP contribution in [0.2, 0.25) is 0 Å². The van der Waals surface area contributed by atoms with E-state index in [1.165, 1.54) is 0 Å². The summed E-state index contributed by atoms with van der Waals surface area (Å²) in [6, 6.07) is 15.8. The van der Waals surface area contributed by atoms with E-state index in [4.69, 9.17) is 4.52 Å². The van der Waals surface area contributed by atoms with Crippen LogP contribution >= 0.6 is 0 Å². The van der Waals surface area contributed by atoms with Gasteiger partial charge in [0.05, 0.1) is 18.7 Å². The van der Waals surface area contributed by atoms with Gasteiger partial charge < -0.3 is 29.9 Å². The van der Waals surface area contributed by atoms with E-state index in [0.29, 0.717) is 48.8 Å². The zero-order valence-corrected chi connectivity index (χ0v) is 26.0. The summed E-state index contributed by atoms with van der Waals surface area (Å²) in [5, 5.41) is 9.72. The summed E-state index contributed by atoms with van der Waals surface area (Å²) in [6.45, 7) is 3.23. The summed E-state index contributed by atoms with van der Waals surface area (Å²) >= 11 is 0. The number of likely N-dealkylation sites (tertiary alicyclic amines) is 2. The molecule has 3 aromatic rings. The molecule has 11 nitrogen and oxygen atoms in total. The first-order valence-corrected chi connectivity index (χ1v) is 15.3. The van der Waals surface area contributed by atoms with E-state index in [2.05, 4.69) is 15.8 Å². The molecule has 2 atom stereocenters. The van der Waals surface area contributed by atoms with Crippen molar-refractivity contribution in [3.8, 4) is 0 Å². The minimum Gasteiger partial charge on any atom is -0.361 e. The van der Waals surface area contributed by atoms with Crippen molar-refractivity contribution < 1.29 is 23.7 Å². The van der Waals surface area contributed by atoms with E-state index in [0.717, 1.165) is 24.0 Å². The highest BCUT2D eigenvalue weighted by Crippen LogP contribution is 2.23. The Balaban J connectivity index is 1.11. The van der Waals surface area contributed by atoms with Gasteiger partial charge in [0.2, 0.25) is 23.6 Å². The summed E-state index contributed by atoms with van der Waals surface area (Å²) in [7, 11) is 3.68. The molecule has 11 heteroatoms. The van der Waals surface area contributed by atoms with Gasteiger partial charge >= 0.3 is 0 Å². The average molecular weight is 613 g/mol. The quantitative estimate of drug-likeness (QED) is 0.333. The second-order valence-electron chi connectivity index (χ2n) is 11.9. The molecule has 2 saturated heterocycles. The molecule has 4 amide bonds. The van der Waals surface area contributed by atoms with Crippen molar-refractivity contribution in [2.45, 2.75) is 51.1 Å². The van der Waals surface area contributed by atoms with Gasteiger partial charge in [-0.05, 0) is 82.1 Å². The lowest BCUT2D eigenvalue weighted by atomic mass is 10.1. The van der Waals surface area contributed by atoms with E-state index >= 15 is 0 Å². The zero-order chi connectivity index (χ0) is 31.9. The van der Waals surface area contributed by atoms with Crippen molar-refractivity contribution in [1.29, 1.82) is 0 Å². The van der Waals surface area contributed by atoms with Crippen LogP contribution in [-0.2, 0) is 25.6 Å². The predicted molar refractivity (Wildman–Crippen MR) is 172 cm³/mol. The molecule has 2 N–H and O–H groups in total. The summed E-state index contributed by atoms with van der Waals surface area (Å²) in [6.07, 6.45) is 6.89. The number of likely N-dealkylation sites (N-methyl/N-ethyl adjacent to an activating group) is 1. The Morgan fingerprint density at radius 1 is 0.822 bits per heavy atom. The van der Waals surface area contributed by atoms with Gasteiger partial charge in [-0.25, -0.2) is 0 Å². The maximum Gasteiger partial charge on any atom is 0.247 e. The van der Waals surface area contributed by atoms with Crippen LogP contribution in [0.25, 0.3) is 12.2 Å². The Bertz CT molecular complexity index is 1550. The first-order valence-electron chi connectivity index (χ1n) is 15.3. The number of aromatic nitrogens is 1. The van der Waals surface area contributed by atoms with Gasteiger partial charge in [-0.15, -0.1) is 0 Å². The molecule has 5 rings (SSSR count). The smallest absolute Gasteiger partial charge is 0.247 e. The van der Waals surface area contributed by atoms with Gasteiger partial charge in [0.25, 0.3) is 0 Å². The maximum absolute atomic E-state index is 13.0. The van der Waals surface area contributed by atoms with Crippen molar-refractivity contribution in [3.63, 3.8) is 0 Å². The SMILES string of the molecule is Cc1cc(CC(=O)N2CCC[C@H]2C(=O)Nc2ccc(C=Cc3ccc(NC(=O)[C@@H]4CCCN4C(=O)CN(C)C)cc3)cc2)on1. The lowest BCUT2D eigenvalue weighted by Gasteiger charge is -2.25. The molecular weight excluding hydrogens is 572 g/mol. The fraction of sp³-hybridized carbons (Fsp3) is 0.382. The molecule has 0 spiro atoms. The van der Waals surface area contributed by atoms with Crippen LogP contribution in [0, 0.1) is 6.92 Å². The number of amides is 4. The largest absolute Gasteiger partial charge is 0.361 e. The van der Waals surface area contributed by atoms with E-state index in [9.17, 15) is 19.2 Å². The van der Waals surface area contributed by atoms with Crippen LogP contribution in [0.15, 0.2) is 59.1 Å². The summed E-state index contributed by atoms with van der Waals surface area (Å²) in [4.78, 5) is 56.4. The molecule has 2 aliphatic rings. The number of anilines is 2. The third kappa shape index (κ3) is 8.24. The number of benzene rings is 2. The predicted octanol–water partition coefficient (Wildman–Crippen LogP) is 3.82. The number of carbonyl (C=O) groups is 4. The number of hydrogen-bond donors (Lipinski definition) is 2. The molecule has 0 saturated carbocycles. The van der Waals surface area contributed by atoms with Crippen molar-refractivity contribution in [2.75, 3.05) is 44.4 Å². The fourth-order valence-corrected chi connectivity index (χ4v) is 5.79. The lowest BCUT2D eigenvalue weighted by molar-refractivity contribution is -0.137. The zero-order valence-electron chi connectivity index (χ0n) is 26.0. The van der Waals surface area contributed by atoms with E-state index in [1.54, 1.807) is 22.8 Å². The highest BCUT2D eigenvalue weighted by atomic mass is 16.5. The van der Waals surface area contributed by atoms with Crippen molar-refractivity contribution in [3.05, 3.63) is 77.2 Å². The Labute approximate surface area is 263 Å². The number of nitrogens with zero attached hydrogens (tertiary/aromatic N) is 4. The number of aryl methyl sites for hydroxylation is 1. The minimum atomic E-state index is -0.517. The Morgan fingerprint density at radius 3 is 1.76 bits per heavy atom. The highest BCUT2D eigenvalue weighted by molar-refractivity contribution is 5.98. The third-order valence-corrected chi connectivity index (χ3v) is 8.03. The molecule has 2 aliphatic heterocycles. The van der Waals surface area contributed by atoms with Gasteiger partial charge in [0, 0.05) is 30.5 Å². The molecule has 0 aliphatic carbocycles. The van der Waals surface area contributed by atoms with E-state index in [-0.39, 0.29) is 36.6 Å². The Hall–Kier alpha value is -4.77. The van der Waals surface area contributed by atoms with Crippen LogP contribution in [0.5, 0.6) is 0 Å². The molecule has 0 radical (unpaired) electrons. The molecule has 236 valence electrons. The number of rotatable bonds is 10. The fourth-order valence-electron chi connectivity index (χ4n) is 5.79. The second-order valence-corrected chi connectivity index (χ2v) is 11.9. The average Bonchev–Trinajstić information content (AvgIpc) is 3.78. The lowest BCUT2D eigenvalue weighted by Crippen LogP contribution is -2.46. The van der Waals surface area contributed by atoms with Gasteiger partial charge in [-0.1, -0.05) is 41.6 Å². The molecule has 2 aromatic carbocycles. The molecular formula is C34H40N6O5. The first-order chi connectivity index (χ1) is 21.7. The minimum absolute atomic E-state index is 0.0317. The summed E-state index contributed by atoms with van der Waals surface area (Å²) < 4.78 is 5.17. The number of carbonyl (C=O) groups excluding carboxylic acids is 4. The molecule has 3 heterocycles. The molecule has 45 heavy (non-hydrogen) atoms. The summed E-state index contributed by atoms with van der Waals surface area (Å²) in [5.74, 6) is -0.0478. The van der Waals surface area contributed by atoms with E-state index < -0.39 is 12.1 Å². The first kappa shape index (κ1) is 31.6. The molecule has 1 aromatic heterocycles. The van der Waals surface area contributed by atoms with Crippen molar-refractivity contribution in [2.24, 2.45) is 0 Å². The van der Waals surface area contributed by atoms with Crippen molar-refractivity contribution >= 4 is 47.2 Å². The van der Waals surface area contributed by atoms with Crippen LogP contribution in [0.1, 0.15) is 48.3 Å². The highest BCUT2D eigenvalue weighted by Gasteiger charge is 2.35. The summed E-state index contributed by atoms with van der Waals surface area (Å²) in [5.41, 5.74) is 3.97. The topological polar surface area (TPSA) is 128 Å². The van der Waals surface area contributed by atoms with Crippen LogP contribution in [-0.4, -0.2) is 89.3 Å². The van der Waals surface area contributed by atoms with E-state index in [1.807, 2.05) is 79.7 Å². The Kier molecular flexibility index (Phi) is 10.1. The monoisotopic (exact) mass is 612 g/mol. The second kappa shape index (κ2) is 14.3. The number of nitrogens with one attached hydrogen (secondary N) is 2. The van der Waals surface area contributed by atoms with Crippen LogP contribution in [0.4, 0.5) is 11.4 Å².